The number of aliphatic hydroxyl groups excluding tert-OH is 1. The van der Waals surface area contributed by atoms with Crippen LogP contribution in [0.5, 0.6) is 0 Å². The van der Waals surface area contributed by atoms with E-state index < -0.39 is 23.0 Å². The van der Waals surface area contributed by atoms with Crippen LogP contribution in [0.2, 0.25) is 5.02 Å². The van der Waals surface area contributed by atoms with Crippen LogP contribution in [0.4, 0.5) is 0 Å². The van der Waals surface area contributed by atoms with Crippen molar-refractivity contribution in [1.82, 2.24) is 15.2 Å². The van der Waals surface area contributed by atoms with E-state index in [2.05, 4.69) is 42.5 Å². The van der Waals surface area contributed by atoms with Crippen molar-refractivity contribution in [1.29, 1.82) is 0 Å². The van der Waals surface area contributed by atoms with E-state index in [9.17, 15) is 14.7 Å². The number of aromatic nitrogens is 3. The number of nitrogens with one attached hydrogen (secondary N) is 1. The number of ether oxygens (including phenoxy) is 1. The first-order valence-corrected chi connectivity index (χ1v) is 15.2. The molecule has 0 amide bonds. The molecule has 0 aliphatic heterocycles. The molecule has 0 radical (unpaired) electrons. The second-order valence-corrected chi connectivity index (χ2v) is 13.7. The minimum atomic E-state index is -0.684. The molecule has 3 saturated carbocycles. The molecule has 0 spiro atoms. The van der Waals surface area contributed by atoms with Gasteiger partial charge in [-0.3, -0.25) is 14.7 Å². The number of hydrogen-bond donors (Lipinski definition) is 2. The average molecular weight is 572 g/mol. The average Bonchev–Trinajstić information content (AvgIpc) is 3.54. The number of rotatable bonds is 6. The number of thioether (sulfide) groups is 1. The van der Waals surface area contributed by atoms with Crippen LogP contribution in [-0.4, -0.2) is 50.0 Å². The molecule has 7 nitrogen and oxygen atoms in total. The molecule has 39 heavy (non-hydrogen) atoms. The smallest absolute Gasteiger partial charge is 0.316 e. The summed E-state index contributed by atoms with van der Waals surface area (Å²) >= 11 is 7.18. The zero-order valence-electron chi connectivity index (χ0n) is 23.1. The maximum absolute atomic E-state index is 13.5. The predicted molar refractivity (Wildman–Crippen MR) is 152 cm³/mol. The van der Waals surface area contributed by atoms with Crippen LogP contribution < -0.4 is 0 Å². The van der Waals surface area contributed by atoms with Crippen molar-refractivity contribution in [2.24, 2.45) is 34.0 Å². The van der Waals surface area contributed by atoms with Crippen molar-refractivity contribution < 1.29 is 19.4 Å². The molecule has 9 heteroatoms. The number of carbonyl (C=O) groups excluding carboxylic acids is 2. The number of halogens is 1. The Bertz CT molecular complexity index is 1270. The number of carbonyl (C=O) groups is 2. The molecular formula is C30H38ClN3O4S. The highest BCUT2D eigenvalue weighted by atomic mass is 35.5. The Kier molecular flexibility index (Phi) is 7.53. The minimum absolute atomic E-state index is 0.0341. The SMILES string of the molecule is C=C[C@]1(C)C[C@@H](OC(=O)CSc2n[nH]c(-c3ccc(Cl)cc3)n2)[C@]2(C)[C@H](C)CC[C@]3(CCC(=O)[C@H]32)[C@@H](C)[C@@H]1O. The van der Waals surface area contributed by atoms with Gasteiger partial charge in [0.2, 0.25) is 5.16 Å². The summed E-state index contributed by atoms with van der Waals surface area (Å²) in [5.74, 6) is 0.377. The molecule has 1 aromatic carbocycles. The third-order valence-electron chi connectivity index (χ3n) is 10.5. The molecule has 0 unspecified atom stereocenters. The molecule has 2 aromatic rings. The van der Waals surface area contributed by atoms with Crippen molar-refractivity contribution >= 4 is 35.1 Å². The number of aromatic amines is 1. The van der Waals surface area contributed by atoms with Crippen molar-refractivity contribution in [2.75, 3.05) is 5.75 Å². The van der Waals surface area contributed by atoms with Crippen molar-refractivity contribution in [2.45, 2.75) is 77.2 Å². The summed E-state index contributed by atoms with van der Waals surface area (Å²) in [4.78, 5) is 31.3. The lowest BCUT2D eigenvalue weighted by Crippen LogP contribution is -2.63. The molecule has 1 heterocycles. The van der Waals surface area contributed by atoms with Gasteiger partial charge in [0.05, 0.1) is 11.9 Å². The van der Waals surface area contributed by atoms with Crippen LogP contribution in [0.25, 0.3) is 11.4 Å². The maximum Gasteiger partial charge on any atom is 0.316 e. The van der Waals surface area contributed by atoms with E-state index in [0.717, 1.165) is 24.8 Å². The first-order chi connectivity index (χ1) is 18.4. The van der Waals surface area contributed by atoms with Gasteiger partial charge < -0.3 is 9.84 Å². The first kappa shape index (κ1) is 28.4. The quantitative estimate of drug-likeness (QED) is 0.244. The molecule has 0 saturated heterocycles. The highest BCUT2D eigenvalue weighted by Crippen LogP contribution is 2.68. The number of nitrogens with zero attached hydrogens (tertiary/aromatic N) is 2. The van der Waals surface area contributed by atoms with E-state index in [1.807, 2.05) is 25.1 Å². The molecule has 3 aliphatic rings. The molecular weight excluding hydrogens is 534 g/mol. The van der Waals surface area contributed by atoms with Crippen LogP contribution in [-0.2, 0) is 14.3 Å². The molecule has 2 N–H and O–H groups in total. The first-order valence-electron chi connectivity index (χ1n) is 13.8. The Hall–Kier alpha value is -2.16. The molecule has 2 bridgehead atoms. The summed E-state index contributed by atoms with van der Waals surface area (Å²) in [6, 6.07) is 7.26. The Labute approximate surface area is 239 Å². The molecule has 3 fully saturated rings. The number of hydrogen-bond acceptors (Lipinski definition) is 7. The molecule has 210 valence electrons. The number of H-pyrrole nitrogens is 1. The largest absolute Gasteiger partial charge is 0.461 e. The van der Waals surface area contributed by atoms with Gasteiger partial charge in [0.1, 0.15) is 11.9 Å². The monoisotopic (exact) mass is 571 g/mol. The number of benzene rings is 1. The fourth-order valence-electron chi connectivity index (χ4n) is 7.87. The van der Waals surface area contributed by atoms with Gasteiger partial charge >= 0.3 is 5.97 Å². The third-order valence-corrected chi connectivity index (χ3v) is 11.5. The normalized spacial score (nSPS) is 38.0. The van der Waals surface area contributed by atoms with E-state index in [4.69, 9.17) is 16.3 Å². The van der Waals surface area contributed by atoms with Crippen LogP contribution in [0, 0.1) is 34.0 Å². The second kappa shape index (κ2) is 10.3. The molecule has 3 aliphatic carbocycles. The Morgan fingerprint density at radius 3 is 2.69 bits per heavy atom. The highest BCUT2D eigenvalue weighted by molar-refractivity contribution is 7.99. The second-order valence-electron chi connectivity index (χ2n) is 12.3. The van der Waals surface area contributed by atoms with Crippen LogP contribution in [0.1, 0.15) is 59.8 Å². The summed E-state index contributed by atoms with van der Waals surface area (Å²) in [7, 11) is 0. The van der Waals surface area contributed by atoms with Crippen LogP contribution >= 0.6 is 23.4 Å². The van der Waals surface area contributed by atoms with E-state index >= 15 is 0 Å². The van der Waals surface area contributed by atoms with Crippen molar-refractivity contribution in [3.05, 3.63) is 41.9 Å². The standard InChI is InChI=1S/C30H38ClN3O4S/c1-6-28(4)15-22(29(5)17(2)11-13-30(18(3)25(28)37)14-12-21(35)24(29)30)38-23(36)16-39-27-32-26(33-34-27)19-7-9-20(31)10-8-19/h6-10,17-18,22,24-25,37H,1,11-16H2,2-5H3,(H,32,33,34)/t17-,18+,22-,24+,25+,28-,29+,30+/m1/s1. The van der Waals surface area contributed by atoms with E-state index in [1.165, 1.54) is 11.8 Å². The van der Waals surface area contributed by atoms with Gasteiger partial charge in [0, 0.05) is 33.8 Å². The lowest BCUT2D eigenvalue weighted by molar-refractivity contribution is -0.205. The summed E-state index contributed by atoms with van der Waals surface area (Å²) < 4.78 is 6.30. The lowest BCUT2D eigenvalue weighted by Gasteiger charge is -2.61. The third kappa shape index (κ3) is 4.66. The maximum atomic E-state index is 13.5. The van der Waals surface area contributed by atoms with E-state index in [0.29, 0.717) is 28.8 Å². The Morgan fingerprint density at radius 1 is 1.28 bits per heavy atom. The van der Waals surface area contributed by atoms with Gasteiger partial charge in [0.15, 0.2) is 5.82 Å². The number of Topliss-reactive ketones (excluding diaryl/α,β-unsaturated/α-hetero) is 1. The number of aliphatic hydroxyl groups is 1. The van der Waals surface area contributed by atoms with E-state index in [-0.39, 0.29) is 40.7 Å². The predicted octanol–water partition coefficient (Wildman–Crippen LogP) is 6.12. The Morgan fingerprint density at radius 2 is 2.00 bits per heavy atom. The van der Waals surface area contributed by atoms with Crippen molar-refractivity contribution in [3.8, 4) is 11.4 Å². The fourth-order valence-corrected chi connectivity index (χ4v) is 8.57. The summed E-state index contributed by atoms with van der Waals surface area (Å²) in [5.41, 5.74) is -0.636. The topological polar surface area (TPSA) is 105 Å². The van der Waals surface area contributed by atoms with Gasteiger partial charge in [-0.25, -0.2) is 4.98 Å². The van der Waals surface area contributed by atoms with Crippen LogP contribution in [0.15, 0.2) is 42.1 Å². The van der Waals surface area contributed by atoms with Gasteiger partial charge in [-0.2, -0.15) is 0 Å². The zero-order valence-corrected chi connectivity index (χ0v) is 24.6. The lowest BCUT2D eigenvalue weighted by atomic mass is 9.44. The highest BCUT2D eigenvalue weighted by Gasteiger charge is 2.68. The van der Waals surface area contributed by atoms with Gasteiger partial charge in [-0.15, -0.1) is 11.7 Å². The summed E-state index contributed by atoms with van der Waals surface area (Å²) in [6.07, 6.45) is 4.16. The molecule has 8 atom stereocenters. The number of esters is 1. The van der Waals surface area contributed by atoms with Gasteiger partial charge in [-0.1, -0.05) is 57.1 Å². The van der Waals surface area contributed by atoms with Crippen LogP contribution in [0.3, 0.4) is 0 Å². The zero-order chi connectivity index (χ0) is 28.2. The molecule has 5 rings (SSSR count). The van der Waals surface area contributed by atoms with Gasteiger partial charge in [-0.05, 0) is 67.2 Å². The molecule has 1 aromatic heterocycles. The Balaban J connectivity index is 1.39. The fraction of sp³-hybridized carbons (Fsp3) is 0.600. The summed E-state index contributed by atoms with van der Waals surface area (Å²) in [6.45, 7) is 12.5. The summed E-state index contributed by atoms with van der Waals surface area (Å²) in [5, 5.41) is 19.9. The van der Waals surface area contributed by atoms with Gasteiger partial charge in [0.25, 0.3) is 0 Å². The van der Waals surface area contributed by atoms with Crippen molar-refractivity contribution in [3.63, 3.8) is 0 Å². The number of ketones is 1. The minimum Gasteiger partial charge on any atom is -0.461 e. The van der Waals surface area contributed by atoms with E-state index in [1.54, 1.807) is 12.1 Å².